The minimum absolute atomic E-state index is 0.0971. The molecule has 0 aliphatic heterocycles. The maximum atomic E-state index is 14.7. The fourth-order valence-electron chi connectivity index (χ4n) is 9.12. The smallest absolute Gasteiger partial charge is 0.194 e. The predicted molar refractivity (Wildman–Crippen MR) is 209 cm³/mol. The van der Waals surface area contributed by atoms with Gasteiger partial charge < -0.3 is 4.42 Å². The summed E-state index contributed by atoms with van der Waals surface area (Å²) < 4.78 is 7.23. The van der Waals surface area contributed by atoms with Crippen molar-refractivity contribution in [2.24, 2.45) is 0 Å². The van der Waals surface area contributed by atoms with Crippen molar-refractivity contribution in [2.75, 3.05) is 0 Å². The summed E-state index contributed by atoms with van der Waals surface area (Å²) in [6.07, 6.45) is 0. The molecule has 8 aromatic carbocycles. The van der Waals surface area contributed by atoms with Crippen LogP contribution in [0.4, 0.5) is 0 Å². The number of fused-ring (bicyclic) bond motifs is 15. The summed E-state index contributed by atoms with van der Waals surface area (Å²) in [6, 6.07) is 24.9. The standard InChI is InChI=1S/C42H36O3Si2/c1-21-29-33-32-30-25-15-11-9-13-23(25)17-19-27(30)37(43)35(32)42(47(6,7)8)22(2)39(33)45-40(29)34-31-26-16-12-10-14-24(26)18-20-28(31)38(44)36(34)41(21)46(3,4)5/h9-20H,1-8H3. The summed E-state index contributed by atoms with van der Waals surface area (Å²) >= 11 is 0. The van der Waals surface area contributed by atoms with Gasteiger partial charge in [-0.05, 0) is 69.0 Å². The van der Waals surface area contributed by atoms with Gasteiger partial charge in [-0.2, -0.15) is 0 Å². The molecule has 0 radical (unpaired) electrons. The third-order valence-electron chi connectivity index (χ3n) is 10.7. The Balaban J connectivity index is 1.71. The minimum Gasteiger partial charge on any atom is -0.455 e. The second kappa shape index (κ2) is 9.06. The fourth-order valence-corrected chi connectivity index (χ4v) is 13.6. The van der Waals surface area contributed by atoms with E-state index in [1.54, 1.807) is 0 Å². The van der Waals surface area contributed by atoms with Gasteiger partial charge in [0.05, 0.1) is 16.1 Å². The zero-order valence-electron chi connectivity index (χ0n) is 28.2. The van der Waals surface area contributed by atoms with Gasteiger partial charge in [0.2, 0.25) is 0 Å². The monoisotopic (exact) mass is 644 g/mol. The van der Waals surface area contributed by atoms with Crippen LogP contribution in [0.15, 0.2) is 86.8 Å². The van der Waals surface area contributed by atoms with Gasteiger partial charge in [-0.1, -0.05) is 99.9 Å². The van der Waals surface area contributed by atoms with Crippen LogP contribution in [-0.2, 0) is 0 Å². The van der Waals surface area contributed by atoms with E-state index in [1.807, 2.05) is 12.1 Å². The van der Waals surface area contributed by atoms with E-state index in [0.717, 1.165) is 97.7 Å². The number of furan rings is 1. The molecular weight excluding hydrogens is 609 g/mol. The van der Waals surface area contributed by atoms with E-state index in [9.17, 15) is 9.59 Å². The molecule has 0 amide bonds. The molecule has 0 saturated heterocycles. The average molecular weight is 645 g/mol. The molecule has 47 heavy (non-hydrogen) atoms. The Morgan fingerprint density at radius 2 is 0.872 bits per heavy atom. The van der Waals surface area contributed by atoms with E-state index in [0.29, 0.717) is 0 Å². The lowest BCUT2D eigenvalue weighted by molar-refractivity contribution is 0.670. The Kier molecular flexibility index (Phi) is 5.52. The van der Waals surface area contributed by atoms with Crippen LogP contribution in [0, 0.1) is 13.8 Å². The first-order valence-corrected chi connectivity index (χ1v) is 23.5. The molecule has 0 saturated carbocycles. The molecule has 0 aliphatic rings. The van der Waals surface area contributed by atoms with Crippen LogP contribution in [0.1, 0.15) is 11.1 Å². The van der Waals surface area contributed by atoms with Gasteiger partial charge in [0.15, 0.2) is 10.9 Å². The highest BCUT2D eigenvalue weighted by molar-refractivity contribution is 6.92. The quantitative estimate of drug-likeness (QED) is 0.176. The van der Waals surface area contributed by atoms with Crippen LogP contribution in [0.25, 0.3) is 86.6 Å². The molecule has 0 atom stereocenters. The van der Waals surface area contributed by atoms with Crippen molar-refractivity contribution >= 4 is 113 Å². The lowest BCUT2D eigenvalue weighted by Crippen LogP contribution is -2.41. The van der Waals surface area contributed by atoms with Gasteiger partial charge in [0, 0.05) is 53.9 Å². The zero-order valence-corrected chi connectivity index (χ0v) is 30.2. The molecule has 0 spiro atoms. The van der Waals surface area contributed by atoms with Gasteiger partial charge in [0.1, 0.15) is 11.2 Å². The van der Waals surface area contributed by atoms with Crippen molar-refractivity contribution in [1.82, 2.24) is 0 Å². The molecule has 0 N–H and O–H groups in total. The predicted octanol–water partition coefficient (Wildman–Crippen LogP) is 9.81. The third kappa shape index (κ3) is 3.51. The van der Waals surface area contributed by atoms with Crippen molar-refractivity contribution in [3.8, 4) is 0 Å². The topological polar surface area (TPSA) is 47.3 Å². The van der Waals surface area contributed by atoms with E-state index in [4.69, 9.17) is 4.42 Å². The molecule has 5 heteroatoms. The zero-order chi connectivity index (χ0) is 32.9. The molecule has 0 aliphatic carbocycles. The third-order valence-corrected chi connectivity index (χ3v) is 14.9. The Morgan fingerprint density at radius 1 is 0.426 bits per heavy atom. The summed E-state index contributed by atoms with van der Waals surface area (Å²) in [6.45, 7) is 18.3. The fraction of sp³-hybridized carbons (Fsp3) is 0.190. The molecule has 0 bridgehead atoms. The molecule has 1 aromatic heterocycles. The van der Waals surface area contributed by atoms with Gasteiger partial charge in [0.25, 0.3) is 0 Å². The van der Waals surface area contributed by atoms with Crippen molar-refractivity contribution in [3.05, 3.63) is 104 Å². The van der Waals surface area contributed by atoms with Gasteiger partial charge in [-0.15, -0.1) is 0 Å². The molecule has 230 valence electrons. The maximum absolute atomic E-state index is 14.7. The summed E-state index contributed by atoms with van der Waals surface area (Å²) in [7, 11) is -4.15. The number of hydrogen-bond acceptors (Lipinski definition) is 3. The first-order chi connectivity index (χ1) is 22.3. The second-order valence-corrected chi connectivity index (χ2v) is 25.6. The Labute approximate surface area is 274 Å². The first kappa shape index (κ1) is 28.6. The number of benzene rings is 6. The van der Waals surface area contributed by atoms with Crippen LogP contribution < -0.4 is 21.2 Å². The van der Waals surface area contributed by atoms with Crippen LogP contribution in [0.2, 0.25) is 39.3 Å². The largest absolute Gasteiger partial charge is 0.455 e. The highest BCUT2D eigenvalue weighted by Gasteiger charge is 2.35. The molecule has 1 heterocycles. The van der Waals surface area contributed by atoms with Crippen LogP contribution in [0.5, 0.6) is 0 Å². The minimum atomic E-state index is -2.09. The molecule has 3 nitrogen and oxygen atoms in total. The highest BCUT2D eigenvalue weighted by atomic mass is 28.3. The van der Waals surface area contributed by atoms with E-state index in [-0.39, 0.29) is 10.9 Å². The van der Waals surface area contributed by atoms with Crippen molar-refractivity contribution in [1.29, 1.82) is 0 Å². The molecule has 9 rings (SSSR count). The first-order valence-electron chi connectivity index (χ1n) is 16.5. The van der Waals surface area contributed by atoms with Gasteiger partial charge in [-0.25, -0.2) is 0 Å². The highest BCUT2D eigenvalue weighted by Crippen LogP contribution is 2.46. The SMILES string of the molecule is Cc1c([Si](C)(C)C)c2c(=O)c3ccc4ccccc4c3c2c2c1oc1c2c(C)c([Si](C)(C)C)c2c(=O)c3ccc4ccccc4c3c21. The van der Waals surface area contributed by atoms with Crippen LogP contribution in [0.3, 0.4) is 0 Å². The average Bonchev–Trinajstić information content (AvgIpc) is 3.65. The maximum Gasteiger partial charge on any atom is 0.194 e. The van der Waals surface area contributed by atoms with E-state index < -0.39 is 16.1 Å². The Bertz CT molecular complexity index is 2980. The van der Waals surface area contributed by atoms with E-state index in [2.05, 4.69) is 114 Å². The van der Waals surface area contributed by atoms with E-state index >= 15 is 0 Å². The molecule has 0 unspecified atom stereocenters. The van der Waals surface area contributed by atoms with Crippen molar-refractivity contribution in [2.45, 2.75) is 53.1 Å². The normalized spacial score (nSPS) is 13.3. The van der Waals surface area contributed by atoms with Crippen LogP contribution in [-0.4, -0.2) is 16.1 Å². The lowest BCUT2D eigenvalue weighted by Gasteiger charge is -2.22. The number of aryl methyl sites for hydroxylation is 2. The van der Waals surface area contributed by atoms with Gasteiger partial charge in [-0.3, -0.25) is 9.59 Å². The van der Waals surface area contributed by atoms with Crippen molar-refractivity contribution in [3.63, 3.8) is 0 Å². The summed E-state index contributed by atoms with van der Waals surface area (Å²) in [5, 5.41) is 16.0. The molecule has 0 fully saturated rings. The second-order valence-electron chi connectivity index (χ2n) is 15.6. The van der Waals surface area contributed by atoms with Gasteiger partial charge >= 0.3 is 0 Å². The lowest BCUT2D eigenvalue weighted by atomic mass is 9.95. The van der Waals surface area contributed by atoms with Crippen LogP contribution >= 0.6 is 0 Å². The summed E-state index contributed by atoms with van der Waals surface area (Å²) in [5.74, 6) is 0. The molecular formula is C42H36O3Si2. The van der Waals surface area contributed by atoms with Crippen molar-refractivity contribution < 1.29 is 4.42 Å². The number of hydrogen-bond donors (Lipinski definition) is 0. The summed E-state index contributed by atoms with van der Waals surface area (Å²) in [5.41, 5.74) is 4.02. The Hall–Kier alpha value is -4.59. The number of rotatable bonds is 2. The summed E-state index contributed by atoms with van der Waals surface area (Å²) in [4.78, 5) is 29.2. The van der Waals surface area contributed by atoms with E-state index in [1.165, 1.54) is 10.4 Å². The Morgan fingerprint density at radius 3 is 1.40 bits per heavy atom. The molecule has 9 aromatic rings.